The fourth-order valence-corrected chi connectivity index (χ4v) is 2.67. The van der Waals surface area contributed by atoms with Crippen molar-refractivity contribution in [3.05, 3.63) is 12.4 Å². The van der Waals surface area contributed by atoms with Gasteiger partial charge in [-0.3, -0.25) is 0 Å². The molecule has 5 heteroatoms. The van der Waals surface area contributed by atoms with Crippen LogP contribution in [0.2, 0.25) is 0 Å². The van der Waals surface area contributed by atoms with Crippen LogP contribution in [0.5, 0.6) is 5.88 Å². The van der Waals surface area contributed by atoms with Crippen LogP contribution in [0.1, 0.15) is 40.0 Å². The number of nitrogens with zero attached hydrogens (tertiary/aromatic N) is 3. The molecule has 1 aliphatic heterocycles. The van der Waals surface area contributed by atoms with E-state index in [0.29, 0.717) is 24.4 Å². The average Bonchev–Trinajstić information content (AvgIpc) is 2.97. The number of rotatable bonds is 8. The summed E-state index contributed by atoms with van der Waals surface area (Å²) in [7, 11) is 0. The molecule has 1 aliphatic rings. The topological polar surface area (TPSA) is 50.3 Å². The minimum atomic E-state index is 0.568. The largest absolute Gasteiger partial charge is 0.478 e. The summed E-state index contributed by atoms with van der Waals surface area (Å²) in [4.78, 5) is 11.0. The SMILES string of the molecule is CCCOc1cc(N(CC(C)C)CC2CCCN2)ncn1. The minimum Gasteiger partial charge on any atom is -0.478 e. The van der Waals surface area contributed by atoms with Crippen LogP contribution in [-0.2, 0) is 0 Å². The second-order valence-corrected chi connectivity index (χ2v) is 6.16. The predicted molar refractivity (Wildman–Crippen MR) is 85.9 cm³/mol. The normalized spacial score (nSPS) is 18.2. The summed E-state index contributed by atoms with van der Waals surface area (Å²) >= 11 is 0. The minimum absolute atomic E-state index is 0.568. The second-order valence-electron chi connectivity index (χ2n) is 6.16. The van der Waals surface area contributed by atoms with Crippen LogP contribution < -0.4 is 15.0 Å². The summed E-state index contributed by atoms with van der Waals surface area (Å²) in [5.74, 6) is 2.25. The summed E-state index contributed by atoms with van der Waals surface area (Å²) in [5, 5.41) is 3.56. The molecule has 0 bridgehead atoms. The zero-order valence-electron chi connectivity index (χ0n) is 13.5. The van der Waals surface area contributed by atoms with Gasteiger partial charge in [-0.2, -0.15) is 0 Å². The van der Waals surface area contributed by atoms with Crippen molar-refractivity contribution in [3.8, 4) is 5.88 Å². The van der Waals surface area contributed by atoms with Crippen molar-refractivity contribution in [2.24, 2.45) is 5.92 Å². The van der Waals surface area contributed by atoms with Gasteiger partial charge in [0.25, 0.3) is 0 Å². The molecule has 1 saturated heterocycles. The van der Waals surface area contributed by atoms with E-state index < -0.39 is 0 Å². The lowest BCUT2D eigenvalue weighted by Gasteiger charge is -2.28. The highest BCUT2D eigenvalue weighted by Gasteiger charge is 2.20. The Labute approximate surface area is 128 Å². The number of ether oxygens (including phenoxy) is 1. The van der Waals surface area contributed by atoms with Gasteiger partial charge in [0, 0.05) is 25.2 Å². The standard InChI is InChI=1S/C16H28N4O/c1-4-8-21-16-9-15(18-12-19-16)20(10-13(2)3)11-14-6-5-7-17-14/h9,12-14,17H,4-8,10-11H2,1-3H3. The number of hydrogen-bond acceptors (Lipinski definition) is 5. The lowest BCUT2D eigenvalue weighted by molar-refractivity contribution is 0.304. The monoisotopic (exact) mass is 292 g/mol. The van der Waals surface area contributed by atoms with Crippen LogP contribution in [0.25, 0.3) is 0 Å². The highest BCUT2D eigenvalue weighted by molar-refractivity contribution is 5.41. The maximum atomic E-state index is 5.63. The number of nitrogens with one attached hydrogen (secondary N) is 1. The second kappa shape index (κ2) is 8.17. The summed E-state index contributed by atoms with van der Waals surface area (Å²) < 4.78 is 5.63. The van der Waals surface area contributed by atoms with Gasteiger partial charge in [0.1, 0.15) is 12.1 Å². The molecule has 0 aromatic carbocycles. The van der Waals surface area contributed by atoms with Crippen molar-refractivity contribution in [2.45, 2.75) is 46.1 Å². The lowest BCUT2D eigenvalue weighted by Crippen LogP contribution is -2.39. The molecular formula is C16H28N4O. The molecule has 1 atom stereocenters. The molecule has 21 heavy (non-hydrogen) atoms. The molecule has 0 spiro atoms. The lowest BCUT2D eigenvalue weighted by atomic mass is 10.1. The number of hydrogen-bond donors (Lipinski definition) is 1. The Balaban J connectivity index is 2.06. The predicted octanol–water partition coefficient (Wildman–Crippen LogP) is 2.48. The van der Waals surface area contributed by atoms with Gasteiger partial charge in [0.2, 0.25) is 5.88 Å². The van der Waals surface area contributed by atoms with Gasteiger partial charge >= 0.3 is 0 Å². The van der Waals surface area contributed by atoms with Crippen LogP contribution in [0.15, 0.2) is 12.4 Å². The average molecular weight is 292 g/mol. The molecule has 1 N–H and O–H groups in total. The van der Waals surface area contributed by atoms with Gasteiger partial charge in [-0.1, -0.05) is 20.8 Å². The first-order valence-electron chi connectivity index (χ1n) is 8.12. The fourth-order valence-electron chi connectivity index (χ4n) is 2.67. The Hall–Kier alpha value is -1.36. The fraction of sp³-hybridized carbons (Fsp3) is 0.750. The Morgan fingerprint density at radius 2 is 2.29 bits per heavy atom. The van der Waals surface area contributed by atoms with Gasteiger partial charge in [0.15, 0.2) is 0 Å². The Kier molecular flexibility index (Phi) is 6.23. The zero-order chi connectivity index (χ0) is 15.1. The summed E-state index contributed by atoms with van der Waals surface area (Å²) in [6.45, 7) is 10.4. The molecule has 1 fully saturated rings. The van der Waals surface area contributed by atoms with E-state index in [1.165, 1.54) is 12.8 Å². The highest BCUT2D eigenvalue weighted by atomic mass is 16.5. The van der Waals surface area contributed by atoms with Crippen molar-refractivity contribution < 1.29 is 4.74 Å². The van der Waals surface area contributed by atoms with E-state index in [1.807, 2.05) is 6.07 Å². The van der Waals surface area contributed by atoms with E-state index in [1.54, 1.807) is 6.33 Å². The molecule has 2 rings (SSSR count). The van der Waals surface area contributed by atoms with Crippen LogP contribution in [0.3, 0.4) is 0 Å². The molecule has 2 heterocycles. The quantitative estimate of drug-likeness (QED) is 0.797. The van der Waals surface area contributed by atoms with Gasteiger partial charge in [-0.05, 0) is 31.7 Å². The van der Waals surface area contributed by atoms with E-state index in [-0.39, 0.29) is 0 Å². The van der Waals surface area contributed by atoms with Gasteiger partial charge in [0.05, 0.1) is 6.61 Å². The van der Waals surface area contributed by atoms with E-state index >= 15 is 0 Å². The molecule has 0 aliphatic carbocycles. The molecule has 5 nitrogen and oxygen atoms in total. The third-order valence-electron chi connectivity index (χ3n) is 3.59. The first-order valence-corrected chi connectivity index (χ1v) is 8.12. The summed E-state index contributed by atoms with van der Waals surface area (Å²) in [6.07, 6.45) is 5.12. The van der Waals surface area contributed by atoms with Crippen molar-refractivity contribution in [1.82, 2.24) is 15.3 Å². The van der Waals surface area contributed by atoms with Gasteiger partial charge in [-0.25, -0.2) is 9.97 Å². The van der Waals surface area contributed by atoms with Crippen molar-refractivity contribution in [3.63, 3.8) is 0 Å². The molecule has 0 saturated carbocycles. The molecule has 1 aromatic heterocycles. The Morgan fingerprint density at radius 1 is 1.43 bits per heavy atom. The van der Waals surface area contributed by atoms with E-state index in [2.05, 4.69) is 41.0 Å². The summed E-state index contributed by atoms with van der Waals surface area (Å²) in [5.41, 5.74) is 0. The molecule has 0 amide bonds. The van der Waals surface area contributed by atoms with Crippen LogP contribution in [0.4, 0.5) is 5.82 Å². The van der Waals surface area contributed by atoms with Crippen molar-refractivity contribution in [2.75, 3.05) is 31.1 Å². The number of aromatic nitrogens is 2. The first kappa shape index (κ1) is 16.0. The number of anilines is 1. The van der Waals surface area contributed by atoms with Crippen molar-refractivity contribution in [1.29, 1.82) is 0 Å². The third kappa shape index (κ3) is 5.16. The molecule has 1 unspecified atom stereocenters. The first-order chi connectivity index (χ1) is 10.2. The van der Waals surface area contributed by atoms with E-state index in [4.69, 9.17) is 4.74 Å². The highest BCUT2D eigenvalue weighted by Crippen LogP contribution is 2.19. The third-order valence-corrected chi connectivity index (χ3v) is 3.59. The van der Waals surface area contributed by atoms with Crippen LogP contribution >= 0.6 is 0 Å². The zero-order valence-corrected chi connectivity index (χ0v) is 13.5. The van der Waals surface area contributed by atoms with Gasteiger partial charge < -0.3 is 15.0 Å². The van der Waals surface area contributed by atoms with Crippen LogP contribution in [-0.4, -0.2) is 42.3 Å². The molecule has 0 radical (unpaired) electrons. The summed E-state index contributed by atoms with van der Waals surface area (Å²) in [6, 6.07) is 2.53. The maximum absolute atomic E-state index is 5.63. The van der Waals surface area contributed by atoms with E-state index in [9.17, 15) is 0 Å². The molecule has 1 aromatic rings. The Morgan fingerprint density at radius 3 is 2.95 bits per heavy atom. The maximum Gasteiger partial charge on any atom is 0.218 e. The van der Waals surface area contributed by atoms with Gasteiger partial charge in [-0.15, -0.1) is 0 Å². The van der Waals surface area contributed by atoms with E-state index in [0.717, 1.165) is 31.9 Å². The molecular weight excluding hydrogens is 264 g/mol. The molecule has 118 valence electrons. The van der Waals surface area contributed by atoms with Crippen molar-refractivity contribution >= 4 is 5.82 Å². The smallest absolute Gasteiger partial charge is 0.218 e. The van der Waals surface area contributed by atoms with Crippen LogP contribution in [0, 0.1) is 5.92 Å². The Bertz CT molecular complexity index is 418.